The fourth-order valence-electron chi connectivity index (χ4n) is 2.52. The molecule has 3 rings (SSSR count). The Hall–Kier alpha value is -0.840. The van der Waals surface area contributed by atoms with Crippen LogP contribution in [0.5, 0.6) is 0 Å². The molecular formula is C14H15BrN2S. The Kier molecular flexibility index (Phi) is 3.41. The Morgan fingerprint density at radius 3 is 3.06 bits per heavy atom. The molecule has 0 saturated heterocycles. The van der Waals surface area contributed by atoms with Gasteiger partial charge in [-0.3, -0.25) is 0 Å². The SMILES string of the molecule is Nc1ccc2c(c1)CCC2NCc1sccc1Br. The molecule has 1 aliphatic rings. The van der Waals surface area contributed by atoms with Crippen LogP contribution in [0.2, 0.25) is 0 Å². The Balaban J connectivity index is 1.71. The number of thiophene rings is 1. The maximum Gasteiger partial charge on any atom is 0.0329 e. The number of anilines is 1. The van der Waals surface area contributed by atoms with E-state index >= 15 is 0 Å². The van der Waals surface area contributed by atoms with E-state index in [-0.39, 0.29) is 0 Å². The average molecular weight is 323 g/mol. The monoisotopic (exact) mass is 322 g/mol. The lowest BCUT2D eigenvalue weighted by Crippen LogP contribution is -2.18. The number of hydrogen-bond donors (Lipinski definition) is 2. The van der Waals surface area contributed by atoms with Crippen molar-refractivity contribution in [3.05, 3.63) is 50.1 Å². The van der Waals surface area contributed by atoms with Crippen LogP contribution in [0.25, 0.3) is 0 Å². The summed E-state index contributed by atoms with van der Waals surface area (Å²) in [4.78, 5) is 1.36. The van der Waals surface area contributed by atoms with E-state index in [9.17, 15) is 0 Å². The molecule has 18 heavy (non-hydrogen) atoms. The van der Waals surface area contributed by atoms with Crippen molar-refractivity contribution in [3.63, 3.8) is 0 Å². The molecule has 0 amide bonds. The van der Waals surface area contributed by atoms with Crippen LogP contribution in [0.3, 0.4) is 0 Å². The number of fused-ring (bicyclic) bond motifs is 1. The lowest BCUT2D eigenvalue weighted by Gasteiger charge is -2.13. The van der Waals surface area contributed by atoms with E-state index in [2.05, 4.69) is 44.8 Å². The summed E-state index contributed by atoms with van der Waals surface area (Å²) in [7, 11) is 0. The highest BCUT2D eigenvalue weighted by atomic mass is 79.9. The van der Waals surface area contributed by atoms with Crippen LogP contribution in [0.1, 0.15) is 28.5 Å². The molecule has 2 aromatic rings. The highest BCUT2D eigenvalue weighted by molar-refractivity contribution is 9.10. The molecule has 1 unspecified atom stereocenters. The summed E-state index contributed by atoms with van der Waals surface area (Å²) in [6.45, 7) is 0.923. The first-order valence-corrected chi connectivity index (χ1v) is 7.75. The fraction of sp³-hybridized carbons (Fsp3) is 0.286. The van der Waals surface area contributed by atoms with Crippen LogP contribution in [-0.2, 0) is 13.0 Å². The minimum atomic E-state index is 0.467. The van der Waals surface area contributed by atoms with E-state index < -0.39 is 0 Å². The highest BCUT2D eigenvalue weighted by Crippen LogP contribution is 2.33. The normalized spacial score (nSPS) is 17.9. The third-order valence-electron chi connectivity index (χ3n) is 3.44. The van der Waals surface area contributed by atoms with Crippen molar-refractivity contribution in [1.29, 1.82) is 0 Å². The van der Waals surface area contributed by atoms with Gasteiger partial charge < -0.3 is 11.1 Å². The first-order chi connectivity index (χ1) is 8.74. The first-order valence-electron chi connectivity index (χ1n) is 6.07. The second-order valence-corrected chi connectivity index (χ2v) is 6.48. The number of aryl methyl sites for hydroxylation is 1. The number of benzene rings is 1. The average Bonchev–Trinajstić information content (AvgIpc) is 2.93. The van der Waals surface area contributed by atoms with E-state index in [1.807, 2.05) is 6.07 Å². The van der Waals surface area contributed by atoms with Gasteiger partial charge >= 0.3 is 0 Å². The van der Waals surface area contributed by atoms with Crippen molar-refractivity contribution in [3.8, 4) is 0 Å². The molecular weight excluding hydrogens is 308 g/mol. The molecule has 0 fully saturated rings. The topological polar surface area (TPSA) is 38.0 Å². The molecule has 94 valence electrons. The predicted molar refractivity (Wildman–Crippen MR) is 80.8 cm³/mol. The second-order valence-electron chi connectivity index (χ2n) is 4.62. The zero-order chi connectivity index (χ0) is 12.5. The van der Waals surface area contributed by atoms with Crippen LogP contribution < -0.4 is 11.1 Å². The van der Waals surface area contributed by atoms with E-state index in [4.69, 9.17) is 5.73 Å². The molecule has 3 N–H and O–H groups in total. The smallest absolute Gasteiger partial charge is 0.0329 e. The maximum absolute atomic E-state index is 5.82. The van der Waals surface area contributed by atoms with Gasteiger partial charge in [-0.2, -0.15) is 0 Å². The largest absolute Gasteiger partial charge is 0.399 e. The summed E-state index contributed by atoms with van der Waals surface area (Å²) < 4.78 is 1.20. The first kappa shape index (κ1) is 12.2. The molecule has 1 aromatic heterocycles. The summed E-state index contributed by atoms with van der Waals surface area (Å²) >= 11 is 5.36. The quantitative estimate of drug-likeness (QED) is 0.842. The van der Waals surface area contributed by atoms with Crippen LogP contribution >= 0.6 is 27.3 Å². The molecule has 4 heteroatoms. The third-order valence-corrected chi connectivity index (χ3v) is 5.37. The molecule has 0 aliphatic heterocycles. The van der Waals surface area contributed by atoms with E-state index in [0.717, 1.165) is 18.7 Å². The zero-order valence-electron chi connectivity index (χ0n) is 9.95. The Labute approximate surface area is 119 Å². The summed E-state index contributed by atoms with van der Waals surface area (Å²) in [5.74, 6) is 0. The predicted octanol–water partition coefficient (Wildman–Crippen LogP) is 3.87. The second kappa shape index (κ2) is 5.03. The molecule has 1 heterocycles. The van der Waals surface area contributed by atoms with E-state index in [0.29, 0.717) is 6.04 Å². The van der Waals surface area contributed by atoms with E-state index in [1.54, 1.807) is 11.3 Å². The molecule has 0 spiro atoms. The Morgan fingerprint density at radius 2 is 2.28 bits per heavy atom. The summed E-state index contributed by atoms with van der Waals surface area (Å²) in [6.07, 6.45) is 2.30. The van der Waals surface area contributed by atoms with Gasteiger partial charge in [-0.15, -0.1) is 11.3 Å². The molecule has 1 aromatic carbocycles. The lowest BCUT2D eigenvalue weighted by molar-refractivity contribution is 0.533. The zero-order valence-corrected chi connectivity index (χ0v) is 12.4. The number of nitrogens with two attached hydrogens (primary N) is 1. The van der Waals surface area contributed by atoms with Gasteiger partial charge in [0.25, 0.3) is 0 Å². The number of halogens is 1. The Morgan fingerprint density at radius 1 is 1.39 bits per heavy atom. The van der Waals surface area contributed by atoms with Gasteiger partial charge in [0.1, 0.15) is 0 Å². The van der Waals surface area contributed by atoms with E-state index in [1.165, 1.54) is 26.9 Å². The van der Waals surface area contributed by atoms with Gasteiger partial charge in [-0.25, -0.2) is 0 Å². The van der Waals surface area contributed by atoms with Crippen molar-refractivity contribution in [2.24, 2.45) is 0 Å². The molecule has 1 atom stereocenters. The van der Waals surface area contributed by atoms with Crippen LogP contribution in [-0.4, -0.2) is 0 Å². The molecule has 0 radical (unpaired) electrons. The number of hydrogen-bond acceptors (Lipinski definition) is 3. The van der Waals surface area contributed by atoms with Crippen molar-refractivity contribution in [2.75, 3.05) is 5.73 Å². The standard InChI is InChI=1S/C14H15BrN2S/c15-12-5-6-18-14(12)8-17-13-4-1-9-7-10(16)2-3-11(9)13/h2-3,5-7,13,17H,1,4,8,16H2. The number of nitrogen functional groups attached to an aromatic ring is 1. The van der Waals surface area contributed by atoms with Gasteiger partial charge in [0, 0.05) is 27.6 Å². The minimum Gasteiger partial charge on any atom is -0.399 e. The minimum absolute atomic E-state index is 0.467. The van der Waals surface area contributed by atoms with Crippen LogP contribution in [0, 0.1) is 0 Å². The lowest BCUT2D eigenvalue weighted by atomic mass is 10.1. The summed E-state index contributed by atoms with van der Waals surface area (Å²) in [5.41, 5.74) is 9.51. The van der Waals surface area contributed by atoms with Gasteiger partial charge in [0.15, 0.2) is 0 Å². The van der Waals surface area contributed by atoms with Gasteiger partial charge in [-0.05, 0) is 63.5 Å². The molecule has 1 aliphatic carbocycles. The highest BCUT2D eigenvalue weighted by Gasteiger charge is 2.22. The summed E-state index contributed by atoms with van der Waals surface area (Å²) in [5, 5.41) is 5.76. The van der Waals surface area contributed by atoms with Crippen molar-refractivity contribution in [2.45, 2.75) is 25.4 Å². The molecule has 2 nitrogen and oxygen atoms in total. The van der Waals surface area contributed by atoms with Gasteiger partial charge in [-0.1, -0.05) is 6.07 Å². The van der Waals surface area contributed by atoms with Gasteiger partial charge in [0.2, 0.25) is 0 Å². The van der Waals surface area contributed by atoms with Crippen molar-refractivity contribution in [1.82, 2.24) is 5.32 Å². The number of nitrogens with one attached hydrogen (secondary N) is 1. The van der Waals surface area contributed by atoms with Crippen LogP contribution in [0.15, 0.2) is 34.1 Å². The van der Waals surface area contributed by atoms with Crippen molar-refractivity contribution < 1.29 is 0 Å². The maximum atomic E-state index is 5.82. The van der Waals surface area contributed by atoms with Crippen LogP contribution in [0.4, 0.5) is 5.69 Å². The fourth-order valence-corrected chi connectivity index (χ4v) is 3.96. The molecule has 0 saturated carbocycles. The number of rotatable bonds is 3. The third kappa shape index (κ3) is 2.32. The van der Waals surface area contributed by atoms with Crippen molar-refractivity contribution >= 4 is 33.0 Å². The van der Waals surface area contributed by atoms with Gasteiger partial charge in [0.05, 0.1) is 0 Å². The Bertz CT molecular complexity index is 565. The molecule has 0 bridgehead atoms. The summed E-state index contributed by atoms with van der Waals surface area (Å²) in [6, 6.07) is 8.84.